The van der Waals surface area contributed by atoms with Crippen LogP contribution >= 0.6 is 11.6 Å². The van der Waals surface area contributed by atoms with Crippen molar-refractivity contribution in [1.29, 1.82) is 0 Å². The summed E-state index contributed by atoms with van der Waals surface area (Å²) in [7, 11) is 3.59. The third kappa shape index (κ3) is 40.5. The molecule has 0 radical (unpaired) electrons. The monoisotopic (exact) mass is 1030 g/mol. The number of methoxy groups -OCH3 is 1. The molecule has 1 fully saturated rings. The number of nitrogens with one attached hydrogen (secondary N) is 1. The maximum atomic E-state index is 9.29. The number of para-hydroxylation sites is 1. The van der Waals surface area contributed by atoms with Crippen LogP contribution in [-0.2, 0) is 26.1 Å². The van der Waals surface area contributed by atoms with Crippen LogP contribution in [0.1, 0.15) is 87.7 Å². The molecule has 1 aliphatic carbocycles. The van der Waals surface area contributed by atoms with Crippen molar-refractivity contribution in [1.82, 2.24) is 20.3 Å². The van der Waals surface area contributed by atoms with Gasteiger partial charge in [0, 0.05) is 66.9 Å². The van der Waals surface area contributed by atoms with Crippen LogP contribution < -0.4 is 61.7 Å². The van der Waals surface area contributed by atoms with Gasteiger partial charge >= 0.3 is 0 Å². The van der Waals surface area contributed by atoms with Gasteiger partial charge in [-0.25, -0.2) is 4.98 Å². The second-order valence-corrected chi connectivity index (χ2v) is 17.8. The summed E-state index contributed by atoms with van der Waals surface area (Å²) in [5, 5.41) is 13.1. The summed E-state index contributed by atoms with van der Waals surface area (Å²) >= 11 is 5.63. The molecule has 2 heterocycles. The molecule has 20 N–H and O–H groups in total. The average Bonchev–Trinajstić information content (AvgIpc) is 3.40. The zero-order valence-electron chi connectivity index (χ0n) is 45.1. The fraction of sp³-hybridized carbons (Fsp3) is 0.421. The van der Waals surface area contributed by atoms with Gasteiger partial charge in [0.15, 0.2) is 0 Å². The summed E-state index contributed by atoms with van der Waals surface area (Å²) in [5.41, 5.74) is 55.2. The van der Waals surface area contributed by atoms with E-state index in [1.165, 1.54) is 24.0 Å². The molecule has 0 saturated heterocycles. The normalized spacial score (nSPS) is 12.8. The Hall–Kier alpha value is -5.72. The number of aliphatic hydroxyl groups excluding tert-OH is 1. The summed E-state index contributed by atoms with van der Waals surface area (Å²) in [6.45, 7) is 15.6. The van der Waals surface area contributed by atoms with Crippen LogP contribution in [0.2, 0.25) is 5.02 Å². The van der Waals surface area contributed by atoms with Gasteiger partial charge in [0.25, 0.3) is 0 Å². The molecule has 2 aromatic heterocycles. The minimum atomic E-state index is -0.108. The smallest absolute Gasteiger partial charge is 0.144 e. The van der Waals surface area contributed by atoms with Crippen molar-refractivity contribution in [2.45, 2.75) is 98.9 Å². The molecule has 73 heavy (non-hydrogen) atoms. The zero-order valence-corrected chi connectivity index (χ0v) is 45.8. The van der Waals surface area contributed by atoms with E-state index in [1.807, 2.05) is 129 Å². The van der Waals surface area contributed by atoms with Crippen LogP contribution in [0.5, 0.6) is 5.75 Å². The fourth-order valence-corrected chi connectivity index (χ4v) is 6.06. The van der Waals surface area contributed by atoms with Gasteiger partial charge < -0.3 is 66.8 Å². The number of nitrogen functional groups attached to an aromatic ring is 3. The summed E-state index contributed by atoms with van der Waals surface area (Å²) < 4.78 is 4.92. The lowest BCUT2D eigenvalue weighted by Crippen LogP contribution is -2.30. The quantitative estimate of drug-likeness (QED) is 0.0544. The maximum Gasteiger partial charge on any atom is 0.144 e. The van der Waals surface area contributed by atoms with E-state index in [-0.39, 0.29) is 6.10 Å². The Balaban J connectivity index is 0. The van der Waals surface area contributed by atoms with Gasteiger partial charge in [0.2, 0.25) is 0 Å². The van der Waals surface area contributed by atoms with Crippen LogP contribution in [0, 0.1) is 24.7 Å². The lowest BCUT2D eigenvalue weighted by Gasteiger charge is -2.25. The molecule has 1 aliphatic rings. The van der Waals surface area contributed by atoms with Crippen LogP contribution in [0.4, 0.5) is 17.2 Å². The number of hydrogen-bond donors (Lipinski definition) is 11. The lowest BCUT2D eigenvalue weighted by molar-refractivity contribution is 0.0743. The number of aliphatic hydroxyl groups is 1. The van der Waals surface area contributed by atoms with E-state index in [9.17, 15) is 5.11 Å². The van der Waals surface area contributed by atoms with Crippen LogP contribution in [0.25, 0.3) is 0 Å². The van der Waals surface area contributed by atoms with Crippen LogP contribution in [0.3, 0.4) is 0 Å². The molecule has 1 saturated carbocycles. The third-order valence-electron chi connectivity index (χ3n) is 10.2. The predicted molar refractivity (Wildman–Crippen MR) is 312 cm³/mol. The number of pyridine rings is 1. The molecule has 6 aromatic rings. The Labute approximate surface area is 444 Å². The molecular weight excluding hydrogens is 934 g/mol. The van der Waals surface area contributed by atoms with E-state index in [2.05, 4.69) is 48.0 Å². The predicted octanol–water partition coefficient (Wildman–Crippen LogP) is 8.25. The number of rotatable bonds is 11. The SMILES string of the molecule is CC(C)CCN.CNCC(C)C.COc1cccc(N)c1.Cc1nccnc1N.NCC1CCCCC1O.NCCc1cccnc1.NCc1ccc(Cl)cc1.NCc1ccccc1.NCc1ccccc1N. The van der Waals surface area contributed by atoms with E-state index in [4.69, 9.17) is 67.9 Å². The second kappa shape index (κ2) is 47.3. The van der Waals surface area contributed by atoms with Crippen molar-refractivity contribution >= 4 is 28.8 Å². The molecule has 0 bridgehead atoms. The first-order valence-electron chi connectivity index (χ1n) is 25.0. The van der Waals surface area contributed by atoms with Gasteiger partial charge in [-0.1, -0.05) is 125 Å². The standard InChI is InChI=1S/C7H8ClN.2C7H10N2.C7H9NO.C7H15NO.C7H9N.C5H7N3.2C5H13N/c8-7-3-1-6(5-9)2-4-7;8-4-3-7-2-1-5-9-6-7;8-5-6-3-1-2-4-7(6)9;1-9-7-4-2-3-6(8)5-7;8-5-6-3-1-2-4-7(6)9;8-6-7-4-2-1-3-5-7;1-4-5(6)8-3-2-7-4;1-5(2)4-6-3;1-5(2)3-4-6/h1-4H,5,9H2;1-2,5-6H,3-4,8H2;1-4H,5,8-9H2;2-5H,8H2,1H3;6-7,9H,1-5,8H2;1-5H,6,8H2;2-3H,1H3,(H2,6,8);5-6H,4H2,1-3H3;5H,3-4,6H2,1-2H3. The highest BCUT2D eigenvalue weighted by Gasteiger charge is 2.20. The number of halogens is 1. The first kappa shape index (κ1) is 69.4. The molecule has 2 atom stereocenters. The summed E-state index contributed by atoms with van der Waals surface area (Å²) in [6.07, 6.45) is 13.3. The molecule has 16 heteroatoms. The van der Waals surface area contributed by atoms with Crippen molar-refractivity contribution in [3.05, 3.63) is 173 Å². The summed E-state index contributed by atoms with van der Waals surface area (Å²) in [6, 6.07) is 36.4. The number of benzene rings is 4. The Morgan fingerprint density at radius 3 is 1.64 bits per heavy atom. The molecule has 0 amide bonds. The van der Waals surface area contributed by atoms with Crippen molar-refractivity contribution in [2.24, 2.45) is 52.2 Å². The van der Waals surface area contributed by atoms with Gasteiger partial charge in [0.05, 0.1) is 18.9 Å². The van der Waals surface area contributed by atoms with Gasteiger partial charge in [-0.15, -0.1) is 0 Å². The van der Waals surface area contributed by atoms with Gasteiger partial charge in [-0.2, -0.15) is 0 Å². The Kier molecular flexibility index (Phi) is 44.9. The number of aromatic nitrogens is 3. The fourth-order valence-electron chi connectivity index (χ4n) is 5.93. The zero-order chi connectivity index (χ0) is 55.1. The maximum absolute atomic E-state index is 9.29. The lowest BCUT2D eigenvalue weighted by atomic mass is 9.87. The summed E-state index contributed by atoms with van der Waals surface area (Å²) in [4.78, 5) is 11.6. The van der Waals surface area contributed by atoms with E-state index < -0.39 is 0 Å². The van der Waals surface area contributed by atoms with Gasteiger partial charge in [0.1, 0.15) is 11.6 Å². The Morgan fingerprint density at radius 1 is 0.671 bits per heavy atom. The van der Waals surface area contributed by atoms with E-state index >= 15 is 0 Å². The highest BCUT2D eigenvalue weighted by Crippen LogP contribution is 2.23. The molecule has 0 spiro atoms. The highest BCUT2D eigenvalue weighted by atomic mass is 35.5. The molecule has 2 unspecified atom stereocenters. The van der Waals surface area contributed by atoms with Gasteiger partial charge in [-0.3, -0.25) is 9.97 Å². The van der Waals surface area contributed by atoms with Gasteiger partial charge in [-0.05, 0) is 142 Å². The summed E-state index contributed by atoms with van der Waals surface area (Å²) in [5.74, 6) is 3.26. The molecule has 7 rings (SSSR count). The minimum Gasteiger partial charge on any atom is -0.497 e. The van der Waals surface area contributed by atoms with E-state index in [0.29, 0.717) is 44.5 Å². The molecule has 4 aromatic carbocycles. The number of anilines is 3. The number of nitrogens with two attached hydrogens (primary N) is 9. The topological polar surface area (TPSA) is 314 Å². The Bertz CT molecular complexity index is 2090. The van der Waals surface area contributed by atoms with E-state index in [0.717, 1.165) is 89.6 Å². The van der Waals surface area contributed by atoms with Crippen LogP contribution in [0.15, 0.2) is 140 Å². The first-order chi connectivity index (χ1) is 35.0. The number of nitrogens with zero attached hydrogens (tertiary/aromatic N) is 3. The molecule has 0 aliphatic heterocycles. The number of hydrogen-bond acceptors (Lipinski definition) is 15. The highest BCUT2D eigenvalue weighted by molar-refractivity contribution is 6.30. The molecular formula is C57H94ClN13O2. The van der Waals surface area contributed by atoms with Crippen molar-refractivity contribution in [3.63, 3.8) is 0 Å². The average molecular weight is 1030 g/mol. The second-order valence-electron chi connectivity index (χ2n) is 17.4. The van der Waals surface area contributed by atoms with Crippen molar-refractivity contribution < 1.29 is 9.84 Å². The largest absolute Gasteiger partial charge is 0.497 e. The van der Waals surface area contributed by atoms with Crippen molar-refractivity contribution in [2.75, 3.05) is 57.5 Å². The number of aryl methyl sites for hydroxylation is 1. The van der Waals surface area contributed by atoms with Crippen molar-refractivity contribution in [3.8, 4) is 5.75 Å². The Morgan fingerprint density at radius 2 is 1.27 bits per heavy atom. The van der Waals surface area contributed by atoms with E-state index in [1.54, 1.807) is 31.8 Å². The molecule has 406 valence electrons. The minimum absolute atomic E-state index is 0.108. The third-order valence-corrected chi connectivity index (χ3v) is 10.5. The van der Waals surface area contributed by atoms with Crippen LogP contribution in [-0.4, -0.2) is 66.5 Å². The first-order valence-corrected chi connectivity index (χ1v) is 25.4. The number of ether oxygens (including phenoxy) is 1. The molecule has 15 nitrogen and oxygen atoms in total.